The van der Waals surface area contributed by atoms with E-state index >= 15 is 0 Å². The monoisotopic (exact) mass is 241 g/mol. The lowest BCUT2D eigenvalue weighted by Crippen LogP contribution is -2.06. The molecule has 4 nitrogen and oxygen atoms in total. The Morgan fingerprint density at radius 3 is 2.17 bits per heavy atom. The first-order valence-electron chi connectivity index (χ1n) is 5.45. The van der Waals surface area contributed by atoms with E-state index in [1.54, 1.807) is 24.3 Å². The van der Waals surface area contributed by atoms with Crippen LogP contribution in [0.25, 0.3) is 0 Å². The van der Waals surface area contributed by atoms with Crippen LogP contribution in [-0.2, 0) is 0 Å². The van der Waals surface area contributed by atoms with Gasteiger partial charge < -0.3 is 0 Å². The summed E-state index contributed by atoms with van der Waals surface area (Å²) in [5, 5.41) is 10.9. The Labute approximate surface area is 104 Å². The molecular weight excluding hydrogens is 230 g/mol. The molecule has 0 saturated heterocycles. The highest BCUT2D eigenvalue weighted by atomic mass is 16.6. The van der Waals surface area contributed by atoms with Crippen molar-refractivity contribution in [1.82, 2.24) is 0 Å². The lowest BCUT2D eigenvalue weighted by molar-refractivity contribution is -0.385. The minimum absolute atomic E-state index is 0.122. The molecule has 0 unspecified atom stereocenters. The Morgan fingerprint density at radius 2 is 1.56 bits per heavy atom. The summed E-state index contributed by atoms with van der Waals surface area (Å²) in [5.41, 5.74) is 1.26. The molecule has 0 heterocycles. The number of nitro benzene ring substituents is 1. The summed E-state index contributed by atoms with van der Waals surface area (Å²) < 4.78 is 0. The smallest absolute Gasteiger partial charge is 0.280 e. The number of hydrogen-bond donors (Lipinski definition) is 0. The zero-order chi connectivity index (χ0) is 13.1. The van der Waals surface area contributed by atoms with Gasteiger partial charge in [-0.15, -0.1) is 0 Å². The van der Waals surface area contributed by atoms with Crippen LogP contribution in [0.1, 0.15) is 21.5 Å². The molecule has 0 radical (unpaired) electrons. The van der Waals surface area contributed by atoms with Crippen LogP contribution >= 0.6 is 0 Å². The van der Waals surface area contributed by atoms with E-state index in [2.05, 4.69) is 0 Å². The molecule has 0 amide bonds. The van der Waals surface area contributed by atoms with Crippen molar-refractivity contribution < 1.29 is 9.72 Å². The fourth-order valence-electron chi connectivity index (χ4n) is 1.80. The highest BCUT2D eigenvalue weighted by Gasteiger charge is 2.21. The molecule has 2 aromatic rings. The van der Waals surface area contributed by atoms with Crippen LogP contribution in [0.2, 0.25) is 0 Å². The van der Waals surface area contributed by atoms with Crippen molar-refractivity contribution in [3.8, 4) is 0 Å². The van der Waals surface area contributed by atoms with Gasteiger partial charge in [0.2, 0.25) is 0 Å². The topological polar surface area (TPSA) is 60.2 Å². The molecule has 2 aromatic carbocycles. The van der Waals surface area contributed by atoms with Crippen molar-refractivity contribution in [1.29, 1.82) is 0 Å². The van der Waals surface area contributed by atoms with E-state index in [1.807, 2.05) is 19.1 Å². The molecule has 0 N–H and O–H groups in total. The minimum atomic E-state index is -0.536. The molecule has 0 aromatic heterocycles. The molecule has 2 rings (SSSR count). The maximum Gasteiger partial charge on any atom is 0.280 e. The molecule has 4 heteroatoms. The SMILES string of the molecule is Cc1ccccc1C(=O)c1ccccc1[N+](=O)[O-]. The number of nitrogens with zero attached hydrogens (tertiary/aromatic N) is 1. The van der Waals surface area contributed by atoms with Gasteiger partial charge in [0, 0.05) is 11.6 Å². The summed E-state index contributed by atoms with van der Waals surface area (Å²) in [7, 11) is 0. The maximum absolute atomic E-state index is 12.3. The normalized spacial score (nSPS) is 10.1. The van der Waals surface area contributed by atoms with Crippen molar-refractivity contribution in [2.24, 2.45) is 0 Å². The van der Waals surface area contributed by atoms with Gasteiger partial charge in [-0.3, -0.25) is 14.9 Å². The Morgan fingerprint density at radius 1 is 1.00 bits per heavy atom. The van der Waals surface area contributed by atoms with Crippen LogP contribution in [0.3, 0.4) is 0 Å². The first kappa shape index (κ1) is 12.0. The molecule has 0 spiro atoms. The summed E-state index contributed by atoms with van der Waals surface area (Å²) in [5.74, 6) is -0.319. The van der Waals surface area contributed by atoms with E-state index in [-0.39, 0.29) is 17.0 Å². The summed E-state index contributed by atoms with van der Waals surface area (Å²) >= 11 is 0. The van der Waals surface area contributed by atoms with Gasteiger partial charge >= 0.3 is 0 Å². The van der Waals surface area contributed by atoms with Crippen LogP contribution in [0.5, 0.6) is 0 Å². The standard InChI is InChI=1S/C14H11NO3/c1-10-6-2-3-7-11(10)14(16)12-8-4-5-9-13(12)15(17)18/h2-9H,1H3. The molecular formula is C14H11NO3. The van der Waals surface area contributed by atoms with E-state index < -0.39 is 4.92 Å². The van der Waals surface area contributed by atoms with E-state index in [0.29, 0.717) is 5.56 Å². The van der Waals surface area contributed by atoms with Crippen molar-refractivity contribution in [2.45, 2.75) is 6.92 Å². The minimum Gasteiger partial charge on any atom is -0.288 e. The van der Waals surface area contributed by atoms with Crippen molar-refractivity contribution in [3.63, 3.8) is 0 Å². The average Bonchev–Trinajstić information content (AvgIpc) is 2.38. The van der Waals surface area contributed by atoms with E-state index in [4.69, 9.17) is 0 Å². The second-order valence-corrected chi connectivity index (χ2v) is 3.92. The lowest BCUT2D eigenvalue weighted by Gasteiger charge is -2.05. The fourth-order valence-corrected chi connectivity index (χ4v) is 1.80. The number of hydrogen-bond acceptors (Lipinski definition) is 3. The predicted octanol–water partition coefficient (Wildman–Crippen LogP) is 3.13. The zero-order valence-electron chi connectivity index (χ0n) is 9.79. The lowest BCUT2D eigenvalue weighted by atomic mass is 9.98. The number of para-hydroxylation sites is 1. The van der Waals surface area contributed by atoms with Crippen molar-refractivity contribution >= 4 is 11.5 Å². The third-order valence-electron chi connectivity index (χ3n) is 2.74. The fraction of sp³-hybridized carbons (Fsp3) is 0.0714. The van der Waals surface area contributed by atoms with Crippen LogP contribution in [0.4, 0.5) is 5.69 Å². The molecule has 0 saturated carbocycles. The molecule has 18 heavy (non-hydrogen) atoms. The summed E-state index contributed by atoms with van der Waals surface area (Å²) in [6.07, 6.45) is 0. The third-order valence-corrected chi connectivity index (χ3v) is 2.74. The van der Waals surface area contributed by atoms with E-state index in [0.717, 1.165) is 5.56 Å². The summed E-state index contributed by atoms with van der Waals surface area (Å²) in [6.45, 7) is 1.81. The number of nitro groups is 1. The highest BCUT2D eigenvalue weighted by molar-refractivity contribution is 6.12. The maximum atomic E-state index is 12.3. The number of carbonyl (C=O) groups excluding carboxylic acids is 1. The van der Waals surface area contributed by atoms with Crippen LogP contribution in [-0.4, -0.2) is 10.7 Å². The van der Waals surface area contributed by atoms with Gasteiger partial charge in [0.25, 0.3) is 5.69 Å². The Hall–Kier alpha value is -2.49. The highest BCUT2D eigenvalue weighted by Crippen LogP contribution is 2.22. The predicted molar refractivity (Wildman–Crippen MR) is 67.7 cm³/mol. The van der Waals surface area contributed by atoms with Crippen molar-refractivity contribution in [2.75, 3.05) is 0 Å². The van der Waals surface area contributed by atoms with E-state index in [9.17, 15) is 14.9 Å². The molecule has 0 aliphatic heterocycles. The zero-order valence-corrected chi connectivity index (χ0v) is 9.79. The van der Waals surface area contributed by atoms with Gasteiger partial charge in [-0.1, -0.05) is 36.4 Å². The number of ketones is 1. The molecule has 0 aliphatic carbocycles. The quantitative estimate of drug-likeness (QED) is 0.471. The third kappa shape index (κ3) is 2.13. The number of benzene rings is 2. The van der Waals surface area contributed by atoms with E-state index in [1.165, 1.54) is 12.1 Å². The van der Waals surface area contributed by atoms with Gasteiger partial charge in [-0.05, 0) is 18.6 Å². The van der Waals surface area contributed by atoms with Gasteiger partial charge in [0.05, 0.1) is 4.92 Å². The summed E-state index contributed by atoms with van der Waals surface area (Å²) in [4.78, 5) is 22.6. The summed E-state index contributed by atoms with van der Waals surface area (Å²) in [6, 6.07) is 13.0. The molecule has 0 fully saturated rings. The van der Waals surface area contributed by atoms with Crippen LogP contribution in [0, 0.1) is 17.0 Å². The molecule has 0 atom stereocenters. The number of rotatable bonds is 3. The first-order chi connectivity index (χ1) is 8.61. The first-order valence-corrected chi connectivity index (χ1v) is 5.45. The Kier molecular flexibility index (Phi) is 3.19. The Bertz CT molecular complexity index is 620. The van der Waals surface area contributed by atoms with Crippen LogP contribution < -0.4 is 0 Å². The average molecular weight is 241 g/mol. The van der Waals surface area contributed by atoms with Gasteiger partial charge in [-0.25, -0.2) is 0 Å². The second kappa shape index (κ2) is 4.79. The second-order valence-electron chi connectivity index (χ2n) is 3.92. The van der Waals surface area contributed by atoms with Gasteiger partial charge in [0.1, 0.15) is 5.56 Å². The number of aryl methyl sites for hydroxylation is 1. The van der Waals surface area contributed by atoms with Gasteiger partial charge in [0.15, 0.2) is 5.78 Å². The van der Waals surface area contributed by atoms with Gasteiger partial charge in [-0.2, -0.15) is 0 Å². The number of carbonyl (C=O) groups is 1. The van der Waals surface area contributed by atoms with Crippen molar-refractivity contribution in [3.05, 3.63) is 75.3 Å². The molecule has 0 aliphatic rings. The molecule has 90 valence electrons. The van der Waals surface area contributed by atoms with Crippen LogP contribution in [0.15, 0.2) is 48.5 Å². The Balaban J connectivity index is 2.54. The molecule has 0 bridgehead atoms. The largest absolute Gasteiger partial charge is 0.288 e.